The third kappa shape index (κ3) is 11.8. The summed E-state index contributed by atoms with van der Waals surface area (Å²) in [7, 11) is 0. The molecule has 0 aromatic heterocycles. The Balaban J connectivity index is 1.33. The molecule has 0 bridgehead atoms. The van der Waals surface area contributed by atoms with E-state index in [1.54, 1.807) is 0 Å². The van der Waals surface area contributed by atoms with Gasteiger partial charge in [0.05, 0.1) is 13.2 Å². The number of ether oxygens (including phenoxy) is 3. The van der Waals surface area contributed by atoms with Crippen molar-refractivity contribution in [3.05, 3.63) is 125 Å². The topological polar surface area (TPSA) is 96.8 Å². The van der Waals surface area contributed by atoms with Crippen molar-refractivity contribution >= 4 is 23.4 Å². The first kappa shape index (κ1) is 36.7. The maximum absolute atomic E-state index is 14.8. The lowest BCUT2D eigenvalue weighted by atomic mass is 9.79. The smallest absolute Gasteiger partial charge is 0.429 e. The Labute approximate surface area is 280 Å². The summed E-state index contributed by atoms with van der Waals surface area (Å²) in [6.45, 7) is 1.76. The van der Waals surface area contributed by atoms with Crippen LogP contribution in [-0.2, 0) is 28.5 Å². The molecule has 4 aromatic rings. The summed E-state index contributed by atoms with van der Waals surface area (Å²) in [5.74, 6) is -2.43. The molecule has 49 heavy (non-hydrogen) atoms. The maximum Gasteiger partial charge on any atom is 0.429 e. The number of nitrogens with two attached hydrogens (primary N) is 2. The summed E-state index contributed by atoms with van der Waals surface area (Å²) in [5, 5.41) is 0. The van der Waals surface area contributed by atoms with Gasteiger partial charge in [-0.3, -0.25) is 0 Å². The molecular weight excluding hydrogens is 650 g/mol. The van der Waals surface area contributed by atoms with E-state index in [0.717, 1.165) is 23.3 Å². The van der Waals surface area contributed by atoms with Crippen molar-refractivity contribution in [2.75, 3.05) is 24.7 Å². The minimum absolute atomic E-state index is 0.106. The van der Waals surface area contributed by atoms with E-state index in [1.807, 2.05) is 55.5 Å². The lowest BCUT2D eigenvalue weighted by Gasteiger charge is -2.29. The van der Waals surface area contributed by atoms with Crippen LogP contribution < -0.4 is 20.9 Å². The number of esters is 1. The van der Waals surface area contributed by atoms with E-state index < -0.39 is 41.5 Å². The Morgan fingerprint density at radius 1 is 0.776 bits per heavy atom. The van der Waals surface area contributed by atoms with Crippen molar-refractivity contribution in [1.29, 1.82) is 0 Å². The standard InChI is InChI=1S/C37H36F6N2O4/c1-35(22-26-3-10-28(44)11-4-26,23-27-5-12-29(45)13-6-27)24-48-34(46)18-9-25-7-14-30(15-8-25)49-37(42,43)32-17-16-31(21-33(32)38)47-20-2-19-36(39,40)41/h3-18,21H,2,19-20,22-24,44-45H2,1H3/b18-9+. The molecule has 0 heterocycles. The second kappa shape index (κ2) is 15.8. The summed E-state index contributed by atoms with van der Waals surface area (Å²) in [6, 6.07) is 22.7. The van der Waals surface area contributed by atoms with E-state index in [9.17, 15) is 31.1 Å². The van der Waals surface area contributed by atoms with Crippen LogP contribution in [0.15, 0.2) is 97.1 Å². The summed E-state index contributed by atoms with van der Waals surface area (Å²) in [6.07, 6.45) is -6.01. The molecule has 0 saturated carbocycles. The van der Waals surface area contributed by atoms with Crippen molar-refractivity contribution in [3.8, 4) is 11.5 Å². The average molecular weight is 687 g/mol. The Morgan fingerprint density at radius 2 is 1.33 bits per heavy atom. The summed E-state index contributed by atoms with van der Waals surface area (Å²) >= 11 is 0. The van der Waals surface area contributed by atoms with Gasteiger partial charge in [-0.25, -0.2) is 9.18 Å². The molecule has 260 valence electrons. The molecule has 0 spiro atoms. The molecule has 0 fully saturated rings. The van der Waals surface area contributed by atoms with E-state index in [2.05, 4.69) is 0 Å². The second-order valence-corrected chi connectivity index (χ2v) is 12.0. The lowest BCUT2D eigenvalue weighted by molar-refractivity contribution is -0.187. The molecule has 4 rings (SSSR count). The van der Waals surface area contributed by atoms with Gasteiger partial charge in [-0.1, -0.05) is 43.3 Å². The fraction of sp³-hybridized carbons (Fsp3) is 0.270. The summed E-state index contributed by atoms with van der Waals surface area (Å²) < 4.78 is 96.3. The number of hydrogen-bond donors (Lipinski definition) is 2. The van der Waals surface area contributed by atoms with Gasteiger partial charge in [0.1, 0.15) is 22.9 Å². The van der Waals surface area contributed by atoms with Gasteiger partial charge in [-0.2, -0.15) is 22.0 Å². The molecule has 6 nitrogen and oxygen atoms in total. The van der Waals surface area contributed by atoms with Crippen molar-refractivity contribution in [1.82, 2.24) is 0 Å². The van der Waals surface area contributed by atoms with Crippen LogP contribution in [0.5, 0.6) is 11.5 Å². The van der Waals surface area contributed by atoms with Crippen LogP contribution in [0.4, 0.5) is 37.7 Å². The Morgan fingerprint density at radius 3 is 1.86 bits per heavy atom. The monoisotopic (exact) mass is 686 g/mol. The van der Waals surface area contributed by atoms with Crippen LogP contribution in [0.2, 0.25) is 0 Å². The molecule has 4 N–H and O–H groups in total. The van der Waals surface area contributed by atoms with E-state index in [4.69, 9.17) is 25.7 Å². The number of nitrogen functional groups attached to an aromatic ring is 2. The highest BCUT2D eigenvalue weighted by Crippen LogP contribution is 2.35. The van der Waals surface area contributed by atoms with E-state index >= 15 is 0 Å². The van der Waals surface area contributed by atoms with E-state index in [0.29, 0.717) is 35.8 Å². The zero-order valence-electron chi connectivity index (χ0n) is 26.6. The Bertz CT molecular complexity index is 1660. The van der Waals surface area contributed by atoms with Crippen LogP contribution in [0.1, 0.15) is 42.0 Å². The van der Waals surface area contributed by atoms with Crippen LogP contribution in [0.3, 0.4) is 0 Å². The van der Waals surface area contributed by atoms with Gasteiger partial charge in [0.15, 0.2) is 0 Å². The first-order valence-corrected chi connectivity index (χ1v) is 15.3. The molecule has 0 aliphatic carbocycles. The van der Waals surface area contributed by atoms with Crippen molar-refractivity contribution < 1.29 is 45.3 Å². The molecule has 0 radical (unpaired) electrons. The number of hydrogen-bond acceptors (Lipinski definition) is 6. The Hall–Kier alpha value is -5.13. The molecule has 0 atom stereocenters. The first-order chi connectivity index (χ1) is 23.1. The maximum atomic E-state index is 14.8. The Kier molecular flexibility index (Phi) is 11.9. The zero-order chi connectivity index (χ0) is 35.7. The highest BCUT2D eigenvalue weighted by atomic mass is 19.4. The van der Waals surface area contributed by atoms with Crippen molar-refractivity contribution in [3.63, 3.8) is 0 Å². The highest BCUT2D eigenvalue weighted by Gasteiger charge is 2.38. The van der Waals surface area contributed by atoms with Gasteiger partial charge >= 0.3 is 18.3 Å². The molecule has 12 heteroatoms. The number of halogens is 6. The second-order valence-electron chi connectivity index (χ2n) is 12.0. The van der Waals surface area contributed by atoms with E-state index in [-0.39, 0.29) is 31.1 Å². The van der Waals surface area contributed by atoms with Crippen LogP contribution in [-0.4, -0.2) is 25.4 Å². The average Bonchev–Trinajstić information content (AvgIpc) is 3.03. The van der Waals surface area contributed by atoms with Crippen LogP contribution in [0.25, 0.3) is 6.08 Å². The molecular formula is C37H36F6N2O4. The van der Waals surface area contributed by atoms with E-state index in [1.165, 1.54) is 36.4 Å². The number of anilines is 2. The summed E-state index contributed by atoms with van der Waals surface area (Å²) in [5.41, 5.74) is 13.9. The van der Waals surface area contributed by atoms with Gasteiger partial charge in [-0.05, 0) is 90.6 Å². The zero-order valence-corrected chi connectivity index (χ0v) is 26.6. The van der Waals surface area contributed by atoms with Gasteiger partial charge in [0.25, 0.3) is 0 Å². The highest BCUT2D eigenvalue weighted by molar-refractivity contribution is 5.87. The number of benzene rings is 4. The van der Waals surface area contributed by atoms with Crippen molar-refractivity contribution in [2.24, 2.45) is 5.41 Å². The SMILES string of the molecule is CC(COC(=O)/C=C/c1ccc(OC(F)(F)c2ccc(OCCCC(F)(F)F)cc2F)cc1)(Cc1ccc(N)cc1)Cc1ccc(N)cc1. The minimum Gasteiger partial charge on any atom is -0.493 e. The number of rotatable bonds is 15. The largest absolute Gasteiger partial charge is 0.493 e. The number of alkyl halides is 5. The molecule has 0 amide bonds. The molecule has 0 aliphatic heterocycles. The van der Waals surface area contributed by atoms with Gasteiger partial charge in [0.2, 0.25) is 0 Å². The molecule has 0 aliphatic rings. The minimum atomic E-state index is -4.36. The third-order valence-electron chi connectivity index (χ3n) is 7.45. The third-order valence-corrected chi connectivity index (χ3v) is 7.45. The quantitative estimate of drug-likeness (QED) is 0.0427. The fourth-order valence-electron chi connectivity index (χ4n) is 5.01. The van der Waals surface area contributed by atoms with Gasteiger partial charge in [-0.15, -0.1) is 0 Å². The summed E-state index contributed by atoms with van der Waals surface area (Å²) in [4.78, 5) is 12.7. The molecule has 0 saturated heterocycles. The molecule has 0 unspecified atom stereocenters. The number of carbonyl (C=O) groups is 1. The van der Waals surface area contributed by atoms with Crippen LogP contribution >= 0.6 is 0 Å². The van der Waals surface area contributed by atoms with Gasteiger partial charge < -0.3 is 25.7 Å². The van der Waals surface area contributed by atoms with Crippen LogP contribution in [0, 0.1) is 11.2 Å². The lowest BCUT2D eigenvalue weighted by Crippen LogP contribution is -2.30. The first-order valence-electron chi connectivity index (χ1n) is 15.3. The predicted octanol–water partition coefficient (Wildman–Crippen LogP) is 8.89. The van der Waals surface area contributed by atoms with Crippen molar-refractivity contribution in [2.45, 2.75) is 44.9 Å². The molecule has 4 aromatic carbocycles. The predicted molar refractivity (Wildman–Crippen MR) is 175 cm³/mol. The normalized spacial score (nSPS) is 12.2. The van der Waals surface area contributed by atoms with Gasteiger partial charge in [0, 0.05) is 35.4 Å². The fourth-order valence-corrected chi connectivity index (χ4v) is 5.01. The number of carbonyl (C=O) groups excluding carboxylic acids is 1.